The van der Waals surface area contributed by atoms with Crippen molar-refractivity contribution in [3.05, 3.63) is 0 Å². The Labute approximate surface area is 171 Å². The summed E-state index contributed by atoms with van der Waals surface area (Å²) in [6.07, 6.45) is 1.72. The number of hydrogen-bond donors (Lipinski definition) is 1. The number of esters is 1. The molecule has 1 amide bonds. The van der Waals surface area contributed by atoms with E-state index in [1.54, 1.807) is 0 Å². The SMILES string of the molecule is CC(C)[C@H](C)C(=O)C[C@@H](CCCCNC(=O)OC(C)(C)C)C(=O)OC(C)(C)C. The summed E-state index contributed by atoms with van der Waals surface area (Å²) in [5.41, 5.74) is -1.11. The van der Waals surface area contributed by atoms with Crippen molar-refractivity contribution in [2.45, 2.75) is 99.2 Å². The van der Waals surface area contributed by atoms with Gasteiger partial charge in [0.05, 0.1) is 5.92 Å². The number of hydrogen-bond acceptors (Lipinski definition) is 5. The molecule has 0 heterocycles. The molecule has 0 bridgehead atoms. The minimum Gasteiger partial charge on any atom is -0.460 e. The Hall–Kier alpha value is -1.59. The average Bonchev–Trinajstić information content (AvgIpc) is 2.48. The minimum absolute atomic E-state index is 0.0845. The number of Topliss-reactive ketones (excluding diaryl/α,β-unsaturated/α-hetero) is 1. The van der Waals surface area contributed by atoms with Crippen LogP contribution in [-0.2, 0) is 19.1 Å². The van der Waals surface area contributed by atoms with E-state index in [1.807, 2.05) is 62.3 Å². The molecular weight excluding hydrogens is 358 g/mol. The van der Waals surface area contributed by atoms with Crippen molar-refractivity contribution in [1.29, 1.82) is 0 Å². The number of unbranched alkanes of at least 4 members (excludes halogenated alkanes) is 1. The van der Waals surface area contributed by atoms with E-state index in [2.05, 4.69) is 5.32 Å². The molecule has 0 saturated heterocycles. The van der Waals surface area contributed by atoms with Crippen LogP contribution in [0.4, 0.5) is 4.79 Å². The Morgan fingerprint density at radius 2 is 1.39 bits per heavy atom. The third-order valence-electron chi connectivity index (χ3n) is 4.34. The van der Waals surface area contributed by atoms with Crippen LogP contribution in [0.15, 0.2) is 0 Å². The van der Waals surface area contributed by atoms with Crippen molar-refractivity contribution >= 4 is 17.8 Å². The number of amides is 1. The van der Waals surface area contributed by atoms with Crippen LogP contribution in [0.5, 0.6) is 0 Å². The van der Waals surface area contributed by atoms with Gasteiger partial charge in [0.2, 0.25) is 0 Å². The van der Waals surface area contributed by atoms with Crippen LogP contribution in [0, 0.1) is 17.8 Å². The first kappa shape index (κ1) is 26.4. The lowest BCUT2D eigenvalue weighted by atomic mass is 9.86. The number of ether oxygens (including phenoxy) is 2. The molecule has 0 aliphatic heterocycles. The molecule has 28 heavy (non-hydrogen) atoms. The van der Waals surface area contributed by atoms with Gasteiger partial charge in [0.15, 0.2) is 0 Å². The summed E-state index contributed by atoms with van der Waals surface area (Å²) < 4.78 is 10.7. The molecule has 164 valence electrons. The highest BCUT2D eigenvalue weighted by atomic mass is 16.6. The third kappa shape index (κ3) is 12.7. The molecule has 0 aromatic rings. The zero-order chi connectivity index (χ0) is 22.1. The Balaban J connectivity index is 4.63. The molecule has 0 aromatic heterocycles. The standard InChI is InChI=1S/C22H41NO5/c1-15(2)16(3)18(24)14-17(19(25)27-21(4,5)6)12-10-11-13-23-20(26)28-22(7,8)9/h15-17H,10-14H2,1-9H3,(H,23,26)/t16-,17+/m0/s1. The highest BCUT2D eigenvalue weighted by Crippen LogP contribution is 2.23. The molecule has 6 heteroatoms. The molecule has 1 N–H and O–H groups in total. The van der Waals surface area contributed by atoms with E-state index in [4.69, 9.17) is 9.47 Å². The summed E-state index contributed by atoms with van der Waals surface area (Å²) in [6, 6.07) is 0. The molecular formula is C22H41NO5. The van der Waals surface area contributed by atoms with Gasteiger partial charge in [0, 0.05) is 18.9 Å². The second-order valence-electron chi connectivity index (χ2n) is 9.86. The predicted octanol–water partition coefficient (Wildman–Crippen LogP) is 4.89. The fraction of sp³-hybridized carbons (Fsp3) is 0.864. The van der Waals surface area contributed by atoms with E-state index in [9.17, 15) is 14.4 Å². The monoisotopic (exact) mass is 399 g/mol. The molecule has 6 nitrogen and oxygen atoms in total. The van der Waals surface area contributed by atoms with Gasteiger partial charge in [-0.2, -0.15) is 0 Å². The smallest absolute Gasteiger partial charge is 0.407 e. The fourth-order valence-electron chi connectivity index (χ4n) is 2.51. The van der Waals surface area contributed by atoms with Crippen molar-refractivity contribution < 1.29 is 23.9 Å². The number of rotatable bonds is 10. The average molecular weight is 400 g/mol. The Morgan fingerprint density at radius 3 is 1.86 bits per heavy atom. The van der Waals surface area contributed by atoms with Crippen molar-refractivity contribution in [2.24, 2.45) is 17.8 Å². The molecule has 2 atom stereocenters. The molecule has 0 radical (unpaired) electrons. The number of carbonyl (C=O) groups is 3. The Bertz CT molecular complexity index is 514. The van der Waals surface area contributed by atoms with Crippen LogP contribution in [0.25, 0.3) is 0 Å². The summed E-state index contributed by atoms with van der Waals surface area (Å²) in [5, 5.41) is 2.71. The lowest BCUT2D eigenvalue weighted by molar-refractivity contribution is -0.161. The van der Waals surface area contributed by atoms with Gasteiger partial charge in [-0.3, -0.25) is 9.59 Å². The highest BCUT2D eigenvalue weighted by Gasteiger charge is 2.29. The maximum absolute atomic E-state index is 12.6. The number of nitrogens with one attached hydrogen (secondary N) is 1. The minimum atomic E-state index is -0.583. The molecule has 0 rings (SSSR count). The van der Waals surface area contributed by atoms with Gasteiger partial charge in [-0.15, -0.1) is 0 Å². The Morgan fingerprint density at radius 1 is 0.857 bits per heavy atom. The molecule has 0 saturated carbocycles. The summed E-state index contributed by atoms with van der Waals surface area (Å²) in [5.74, 6) is -0.521. The van der Waals surface area contributed by atoms with Crippen molar-refractivity contribution in [3.63, 3.8) is 0 Å². The lowest BCUT2D eigenvalue weighted by Gasteiger charge is -2.25. The summed E-state index contributed by atoms with van der Waals surface area (Å²) in [7, 11) is 0. The second-order valence-corrected chi connectivity index (χ2v) is 9.86. The van der Waals surface area contributed by atoms with Gasteiger partial charge in [0.1, 0.15) is 17.0 Å². The van der Waals surface area contributed by atoms with Gasteiger partial charge in [0.25, 0.3) is 0 Å². The fourth-order valence-corrected chi connectivity index (χ4v) is 2.51. The first-order valence-electron chi connectivity index (χ1n) is 10.3. The molecule has 0 unspecified atom stereocenters. The van der Waals surface area contributed by atoms with Crippen LogP contribution < -0.4 is 5.32 Å². The first-order chi connectivity index (χ1) is 12.6. The van der Waals surface area contributed by atoms with Crippen LogP contribution in [0.1, 0.15) is 88.0 Å². The lowest BCUT2D eigenvalue weighted by Crippen LogP contribution is -2.33. The van der Waals surface area contributed by atoms with Crippen molar-refractivity contribution in [2.75, 3.05) is 6.54 Å². The quantitative estimate of drug-likeness (QED) is 0.418. The predicted molar refractivity (Wildman–Crippen MR) is 111 cm³/mol. The maximum atomic E-state index is 12.6. The largest absolute Gasteiger partial charge is 0.460 e. The second kappa shape index (κ2) is 11.4. The molecule has 0 aliphatic carbocycles. The number of ketones is 1. The zero-order valence-corrected chi connectivity index (χ0v) is 19.3. The number of carbonyl (C=O) groups excluding carboxylic acids is 3. The van der Waals surface area contributed by atoms with Gasteiger partial charge in [-0.05, 0) is 60.3 Å². The van der Waals surface area contributed by atoms with Gasteiger partial charge in [-0.25, -0.2) is 4.79 Å². The van der Waals surface area contributed by atoms with Crippen LogP contribution in [0.2, 0.25) is 0 Å². The molecule has 0 fully saturated rings. The van der Waals surface area contributed by atoms with E-state index in [0.717, 1.165) is 0 Å². The van der Waals surface area contributed by atoms with E-state index >= 15 is 0 Å². The maximum Gasteiger partial charge on any atom is 0.407 e. The normalized spacial score (nSPS) is 14.4. The van der Waals surface area contributed by atoms with E-state index in [0.29, 0.717) is 25.8 Å². The topological polar surface area (TPSA) is 81.7 Å². The molecule has 0 aliphatic rings. The summed E-state index contributed by atoms with van der Waals surface area (Å²) in [4.78, 5) is 36.7. The summed E-state index contributed by atoms with van der Waals surface area (Å²) >= 11 is 0. The molecule has 0 spiro atoms. The van der Waals surface area contributed by atoms with E-state index in [1.165, 1.54) is 0 Å². The van der Waals surface area contributed by atoms with Gasteiger partial charge in [-0.1, -0.05) is 27.2 Å². The zero-order valence-electron chi connectivity index (χ0n) is 19.3. The number of alkyl carbamates (subject to hydrolysis) is 1. The van der Waals surface area contributed by atoms with Crippen molar-refractivity contribution in [3.8, 4) is 0 Å². The summed E-state index contributed by atoms with van der Waals surface area (Å²) in [6.45, 7) is 17.3. The third-order valence-corrected chi connectivity index (χ3v) is 4.34. The van der Waals surface area contributed by atoms with E-state index < -0.39 is 23.2 Å². The van der Waals surface area contributed by atoms with Crippen LogP contribution in [0.3, 0.4) is 0 Å². The van der Waals surface area contributed by atoms with Gasteiger partial charge >= 0.3 is 12.1 Å². The highest BCUT2D eigenvalue weighted by molar-refractivity contribution is 5.86. The van der Waals surface area contributed by atoms with Crippen molar-refractivity contribution in [1.82, 2.24) is 5.32 Å². The van der Waals surface area contributed by atoms with Crippen LogP contribution in [-0.4, -0.2) is 35.6 Å². The first-order valence-corrected chi connectivity index (χ1v) is 10.3. The van der Waals surface area contributed by atoms with E-state index in [-0.39, 0.29) is 30.0 Å². The van der Waals surface area contributed by atoms with Crippen LogP contribution >= 0.6 is 0 Å². The van der Waals surface area contributed by atoms with Gasteiger partial charge < -0.3 is 14.8 Å². The Kier molecular flexibility index (Phi) is 10.8. The molecule has 0 aromatic carbocycles.